The second-order valence-corrected chi connectivity index (χ2v) is 7.52. The smallest absolute Gasteiger partial charge is 0.348 e. The average molecular weight is 461 g/mol. The van der Waals surface area contributed by atoms with Gasteiger partial charge in [0.25, 0.3) is 0 Å². The van der Waals surface area contributed by atoms with E-state index in [-0.39, 0.29) is 24.4 Å². The number of aromatic nitrogens is 2. The summed E-state index contributed by atoms with van der Waals surface area (Å²) >= 11 is 0. The minimum atomic E-state index is -0.661. The highest BCUT2D eigenvalue weighted by atomic mass is 16.5. The number of carbonyl (C=O) groups excluding carboxylic acids is 2. The highest BCUT2D eigenvalue weighted by molar-refractivity contribution is 5.98. The third-order valence-electron chi connectivity index (χ3n) is 5.51. The molecular formula is C26H28N4O4. The molecule has 8 heteroatoms. The Labute approximate surface area is 199 Å². The van der Waals surface area contributed by atoms with E-state index in [0.717, 1.165) is 33.6 Å². The predicted octanol–water partition coefficient (Wildman–Crippen LogP) is 4.69. The van der Waals surface area contributed by atoms with Crippen LogP contribution in [0.15, 0.2) is 11.1 Å². The molecular weight excluding hydrogens is 432 g/mol. The van der Waals surface area contributed by atoms with Gasteiger partial charge in [0.1, 0.15) is 23.3 Å². The van der Waals surface area contributed by atoms with Crippen LogP contribution >= 0.6 is 0 Å². The normalized spacial score (nSPS) is 11.9. The van der Waals surface area contributed by atoms with E-state index in [9.17, 15) is 20.1 Å². The van der Waals surface area contributed by atoms with Gasteiger partial charge in [0.05, 0.1) is 13.2 Å². The molecule has 0 radical (unpaired) electrons. The fraction of sp³-hybridized carbons (Fsp3) is 0.308. The number of nitrogens with one attached hydrogen (secondary N) is 2. The van der Waals surface area contributed by atoms with E-state index in [1.165, 1.54) is 12.2 Å². The summed E-state index contributed by atoms with van der Waals surface area (Å²) in [5, 5.41) is 18.6. The molecule has 0 aromatic carbocycles. The van der Waals surface area contributed by atoms with Crippen molar-refractivity contribution in [2.75, 3.05) is 13.2 Å². The first-order valence-electron chi connectivity index (χ1n) is 10.8. The quantitative estimate of drug-likeness (QED) is 0.334. The summed E-state index contributed by atoms with van der Waals surface area (Å²) in [6, 6.07) is 3.77. The molecule has 0 amide bonds. The Morgan fingerprint density at radius 1 is 0.706 bits per heavy atom. The van der Waals surface area contributed by atoms with Crippen molar-refractivity contribution in [3.05, 3.63) is 56.2 Å². The molecule has 0 saturated carbocycles. The Morgan fingerprint density at radius 3 is 1.32 bits per heavy atom. The van der Waals surface area contributed by atoms with Gasteiger partial charge < -0.3 is 19.4 Å². The summed E-state index contributed by atoms with van der Waals surface area (Å²) in [4.78, 5) is 30.4. The number of H-pyrrole nitrogens is 2. The van der Waals surface area contributed by atoms with Crippen molar-refractivity contribution in [2.45, 2.75) is 41.5 Å². The lowest BCUT2D eigenvalue weighted by Gasteiger charge is -1.99. The lowest BCUT2D eigenvalue weighted by Crippen LogP contribution is -2.06. The zero-order valence-electron chi connectivity index (χ0n) is 20.3. The van der Waals surface area contributed by atoms with Crippen LogP contribution in [0.25, 0.3) is 24.3 Å². The fourth-order valence-corrected chi connectivity index (χ4v) is 3.24. The summed E-state index contributed by atoms with van der Waals surface area (Å²) in [6.07, 6.45) is 6.75. The van der Waals surface area contributed by atoms with E-state index in [2.05, 4.69) is 9.97 Å². The van der Waals surface area contributed by atoms with Gasteiger partial charge in [-0.25, -0.2) is 9.59 Å². The molecule has 0 fully saturated rings. The van der Waals surface area contributed by atoms with Crippen LogP contribution in [-0.4, -0.2) is 35.1 Å². The molecule has 0 unspecified atom stereocenters. The van der Waals surface area contributed by atoms with Gasteiger partial charge in [-0.3, -0.25) is 0 Å². The highest BCUT2D eigenvalue weighted by Gasteiger charge is 2.15. The van der Waals surface area contributed by atoms with Crippen LogP contribution in [-0.2, 0) is 19.1 Å². The number of hydrogen-bond acceptors (Lipinski definition) is 6. The van der Waals surface area contributed by atoms with Crippen LogP contribution in [0.3, 0.4) is 0 Å². The first kappa shape index (κ1) is 26.0. The third kappa shape index (κ3) is 5.73. The molecule has 0 aliphatic heterocycles. The zero-order chi connectivity index (χ0) is 25.4. The molecule has 0 bridgehead atoms. The molecule has 176 valence electrons. The first-order chi connectivity index (χ1) is 16.2. The molecule has 2 aromatic rings. The van der Waals surface area contributed by atoms with Gasteiger partial charge >= 0.3 is 11.9 Å². The van der Waals surface area contributed by atoms with Crippen LogP contribution in [0.2, 0.25) is 0 Å². The van der Waals surface area contributed by atoms with Gasteiger partial charge in [-0.05, 0) is 88.1 Å². The first-order valence-corrected chi connectivity index (χ1v) is 10.8. The van der Waals surface area contributed by atoms with Gasteiger partial charge in [0.15, 0.2) is 0 Å². The SMILES string of the molecule is CCOC(=O)C(C#N)=Cc1[nH]c(C=Cc2[nH]c(C=C(C#N)C(=O)OCC)c(C)c2C)c(C)c1C. The minimum Gasteiger partial charge on any atom is -0.462 e. The molecule has 0 aliphatic rings. The van der Waals surface area contributed by atoms with Crippen molar-refractivity contribution in [1.82, 2.24) is 9.97 Å². The minimum absolute atomic E-state index is 0.0797. The van der Waals surface area contributed by atoms with Gasteiger partial charge in [0, 0.05) is 22.8 Å². The van der Waals surface area contributed by atoms with Gasteiger partial charge in [-0.1, -0.05) is 0 Å². The molecule has 0 saturated heterocycles. The average Bonchev–Trinajstić information content (AvgIpc) is 3.24. The number of carbonyl (C=O) groups is 2. The Hall–Kier alpha value is -4.30. The van der Waals surface area contributed by atoms with Gasteiger partial charge in [0.2, 0.25) is 0 Å². The molecule has 2 N–H and O–H groups in total. The second-order valence-electron chi connectivity index (χ2n) is 7.52. The number of esters is 2. The monoisotopic (exact) mass is 460 g/mol. The number of hydrogen-bond donors (Lipinski definition) is 2. The lowest BCUT2D eigenvalue weighted by molar-refractivity contribution is -0.138. The summed E-state index contributed by atoms with van der Waals surface area (Å²) in [5.41, 5.74) is 6.54. The standard InChI is InChI=1S/C26H28N4O4/c1-7-33-25(31)19(13-27)11-23-17(5)15(3)21(29-23)9-10-22-16(4)18(6)24(30-22)12-20(14-28)26(32)34-8-2/h9-12,29-30H,7-8H2,1-6H3. The summed E-state index contributed by atoms with van der Waals surface area (Å²) in [7, 11) is 0. The van der Waals surface area contributed by atoms with Crippen molar-refractivity contribution in [1.29, 1.82) is 10.5 Å². The van der Waals surface area contributed by atoms with Crippen LogP contribution in [0.4, 0.5) is 0 Å². The van der Waals surface area contributed by atoms with Gasteiger partial charge in [-0.15, -0.1) is 0 Å². The van der Waals surface area contributed by atoms with Crippen molar-refractivity contribution in [3.8, 4) is 12.1 Å². The van der Waals surface area contributed by atoms with Crippen molar-refractivity contribution < 1.29 is 19.1 Å². The van der Waals surface area contributed by atoms with Crippen molar-refractivity contribution in [2.24, 2.45) is 0 Å². The van der Waals surface area contributed by atoms with E-state index in [0.29, 0.717) is 11.4 Å². The van der Waals surface area contributed by atoms with Crippen LogP contribution in [0, 0.1) is 50.4 Å². The number of ether oxygens (including phenoxy) is 2. The van der Waals surface area contributed by atoms with E-state index in [4.69, 9.17) is 9.47 Å². The Morgan fingerprint density at radius 2 is 1.03 bits per heavy atom. The Balaban J connectivity index is 2.40. The summed E-state index contributed by atoms with van der Waals surface area (Å²) in [5.74, 6) is -1.32. The summed E-state index contributed by atoms with van der Waals surface area (Å²) < 4.78 is 9.85. The fourth-order valence-electron chi connectivity index (χ4n) is 3.24. The number of aromatic amines is 2. The molecule has 34 heavy (non-hydrogen) atoms. The number of rotatable bonds is 8. The van der Waals surface area contributed by atoms with Crippen LogP contribution in [0.5, 0.6) is 0 Å². The van der Waals surface area contributed by atoms with Crippen molar-refractivity contribution >= 4 is 36.2 Å². The molecule has 0 aliphatic carbocycles. The largest absolute Gasteiger partial charge is 0.462 e. The molecule has 2 aromatic heterocycles. The molecule has 2 heterocycles. The predicted molar refractivity (Wildman–Crippen MR) is 130 cm³/mol. The zero-order valence-corrected chi connectivity index (χ0v) is 20.3. The Bertz CT molecular complexity index is 1180. The number of nitriles is 2. The maximum Gasteiger partial charge on any atom is 0.348 e. The van der Waals surface area contributed by atoms with Crippen molar-refractivity contribution in [3.63, 3.8) is 0 Å². The van der Waals surface area contributed by atoms with Crippen LogP contribution < -0.4 is 0 Å². The van der Waals surface area contributed by atoms with E-state index < -0.39 is 11.9 Å². The Kier molecular flexibility index (Phi) is 8.80. The molecule has 2 rings (SSSR count). The molecule has 0 atom stereocenters. The van der Waals surface area contributed by atoms with Crippen LogP contribution in [0.1, 0.15) is 58.9 Å². The molecule has 0 spiro atoms. The lowest BCUT2D eigenvalue weighted by atomic mass is 10.1. The maximum atomic E-state index is 11.9. The van der Waals surface area contributed by atoms with E-state index in [1.807, 2.05) is 52.0 Å². The molecule has 8 nitrogen and oxygen atoms in total. The second kappa shape index (κ2) is 11.5. The van der Waals surface area contributed by atoms with E-state index in [1.54, 1.807) is 13.8 Å². The topological polar surface area (TPSA) is 132 Å². The van der Waals surface area contributed by atoms with E-state index >= 15 is 0 Å². The third-order valence-corrected chi connectivity index (χ3v) is 5.51. The highest BCUT2D eigenvalue weighted by Crippen LogP contribution is 2.25. The van der Waals surface area contributed by atoms with Gasteiger partial charge in [-0.2, -0.15) is 10.5 Å². The maximum absolute atomic E-state index is 11.9. The summed E-state index contributed by atoms with van der Waals surface area (Å²) in [6.45, 7) is 11.4. The number of nitrogens with zero attached hydrogens (tertiary/aromatic N) is 2.